The van der Waals surface area contributed by atoms with Gasteiger partial charge in [-0.05, 0) is 61.9 Å². The third kappa shape index (κ3) is 4.91. The number of benzene rings is 1. The lowest BCUT2D eigenvalue weighted by atomic mass is 9.85. The molecule has 6 nitrogen and oxygen atoms in total. The highest BCUT2D eigenvalue weighted by atomic mass is 16.2. The Labute approximate surface area is 154 Å². The Bertz CT molecular complexity index is 665. The van der Waals surface area contributed by atoms with E-state index in [1.807, 2.05) is 24.3 Å². The van der Waals surface area contributed by atoms with Gasteiger partial charge in [-0.2, -0.15) is 0 Å². The van der Waals surface area contributed by atoms with Crippen molar-refractivity contribution in [1.82, 2.24) is 10.6 Å². The smallest absolute Gasteiger partial charge is 0.230 e. The van der Waals surface area contributed by atoms with Gasteiger partial charge < -0.3 is 10.6 Å². The maximum Gasteiger partial charge on any atom is 0.230 e. The Morgan fingerprint density at radius 2 is 2.04 bits per heavy atom. The van der Waals surface area contributed by atoms with Gasteiger partial charge in [0.2, 0.25) is 17.7 Å². The highest BCUT2D eigenvalue weighted by Crippen LogP contribution is 2.23. The molecule has 140 valence electrons. The van der Waals surface area contributed by atoms with Crippen LogP contribution in [0.5, 0.6) is 0 Å². The molecule has 3 rings (SSSR count). The van der Waals surface area contributed by atoms with Crippen molar-refractivity contribution in [2.45, 2.75) is 39.0 Å². The molecule has 0 aliphatic carbocycles. The summed E-state index contributed by atoms with van der Waals surface area (Å²) < 4.78 is 0. The molecule has 3 N–H and O–H groups in total. The molecule has 0 spiro atoms. The first-order valence-corrected chi connectivity index (χ1v) is 9.44. The van der Waals surface area contributed by atoms with Crippen LogP contribution in [0, 0.1) is 17.8 Å². The number of rotatable bonds is 6. The Kier molecular flexibility index (Phi) is 6.04. The van der Waals surface area contributed by atoms with Gasteiger partial charge in [-0.25, -0.2) is 0 Å². The van der Waals surface area contributed by atoms with Gasteiger partial charge in [-0.15, -0.1) is 0 Å². The monoisotopic (exact) mass is 357 g/mol. The third-order valence-corrected chi connectivity index (χ3v) is 5.43. The SMILES string of the molecule is CC(CC(=O)Nc1ccc(CC2CC(=O)NC2=O)cc1)C1CCCNC1. The van der Waals surface area contributed by atoms with Crippen molar-refractivity contribution < 1.29 is 14.4 Å². The second kappa shape index (κ2) is 8.45. The summed E-state index contributed by atoms with van der Waals surface area (Å²) in [4.78, 5) is 35.2. The van der Waals surface area contributed by atoms with E-state index >= 15 is 0 Å². The lowest BCUT2D eigenvalue weighted by Gasteiger charge is -2.28. The molecule has 3 amide bonds. The van der Waals surface area contributed by atoms with Crippen LogP contribution in [0.25, 0.3) is 0 Å². The van der Waals surface area contributed by atoms with E-state index in [9.17, 15) is 14.4 Å². The van der Waals surface area contributed by atoms with Gasteiger partial charge in [-0.1, -0.05) is 19.1 Å². The molecule has 2 aliphatic rings. The average molecular weight is 357 g/mol. The lowest BCUT2D eigenvalue weighted by molar-refractivity contribution is -0.125. The predicted octanol–water partition coefficient (Wildman–Crippen LogP) is 1.86. The van der Waals surface area contributed by atoms with Crippen molar-refractivity contribution in [3.8, 4) is 0 Å². The molecule has 3 atom stereocenters. The maximum absolute atomic E-state index is 12.3. The van der Waals surface area contributed by atoms with Crippen molar-refractivity contribution in [2.75, 3.05) is 18.4 Å². The summed E-state index contributed by atoms with van der Waals surface area (Å²) in [6.07, 6.45) is 3.69. The molecular formula is C20H27N3O3. The van der Waals surface area contributed by atoms with Crippen LogP contribution in [0.2, 0.25) is 0 Å². The number of piperidine rings is 1. The standard InChI is InChI=1S/C20H27N3O3/c1-13(15-3-2-8-21-12-15)9-18(24)22-17-6-4-14(5-7-17)10-16-11-19(25)23-20(16)26/h4-7,13,15-16,21H,2-3,8-12H2,1H3,(H,22,24)(H,23,25,26). The minimum atomic E-state index is -0.284. The highest BCUT2D eigenvalue weighted by Gasteiger charge is 2.30. The van der Waals surface area contributed by atoms with E-state index in [-0.39, 0.29) is 30.1 Å². The average Bonchev–Trinajstić information content (AvgIpc) is 2.94. The number of carbonyl (C=O) groups is 3. The number of imide groups is 1. The number of hydrogen-bond acceptors (Lipinski definition) is 4. The van der Waals surface area contributed by atoms with Crippen LogP contribution >= 0.6 is 0 Å². The topological polar surface area (TPSA) is 87.3 Å². The van der Waals surface area contributed by atoms with E-state index in [0.29, 0.717) is 24.7 Å². The quantitative estimate of drug-likeness (QED) is 0.678. The van der Waals surface area contributed by atoms with E-state index in [0.717, 1.165) is 24.3 Å². The maximum atomic E-state index is 12.3. The molecule has 2 heterocycles. The van der Waals surface area contributed by atoms with Crippen LogP contribution in [0.4, 0.5) is 5.69 Å². The largest absolute Gasteiger partial charge is 0.326 e. The summed E-state index contributed by atoms with van der Waals surface area (Å²) in [5, 5.41) is 8.69. The van der Waals surface area contributed by atoms with E-state index < -0.39 is 0 Å². The number of nitrogens with one attached hydrogen (secondary N) is 3. The van der Waals surface area contributed by atoms with Gasteiger partial charge in [0, 0.05) is 18.5 Å². The van der Waals surface area contributed by atoms with Gasteiger partial charge in [0.15, 0.2) is 0 Å². The summed E-state index contributed by atoms with van der Waals surface area (Å²) in [6, 6.07) is 7.52. The molecule has 0 radical (unpaired) electrons. The van der Waals surface area contributed by atoms with Crippen molar-refractivity contribution in [3.63, 3.8) is 0 Å². The van der Waals surface area contributed by atoms with Crippen LogP contribution in [-0.2, 0) is 20.8 Å². The van der Waals surface area contributed by atoms with Crippen LogP contribution < -0.4 is 16.0 Å². The number of anilines is 1. The van der Waals surface area contributed by atoms with Crippen LogP contribution in [0.3, 0.4) is 0 Å². The molecule has 1 aromatic rings. The van der Waals surface area contributed by atoms with Gasteiger partial charge >= 0.3 is 0 Å². The zero-order valence-corrected chi connectivity index (χ0v) is 15.2. The fourth-order valence-corrected chi connectivity index (χ4v) is 3.82. The van der Waals surface area contributed by atoms with Crippen molar-refractivity contribution in [1.29, 1.82) is 0 Å². The van der Waals surface area contributed by atoms with E-state index in [1.165, 1.54) is 12.8 Å². The first-order chi connectivity index (χ1) is 12.5. The molecule has 3 unspecified atom stereocenters. The fourth-order valence-electron chi connectivity index (χ4n) is 3.82. The summed E-state index contributed by atoms with van der Waals surface area (Å²) in [5.74, 6) is 0.284. The van der Waals surface area contributed by atoms with Gasteiger partial charge in [-0.3, -0.25) is 19.7 Å². The Hall–Kier alpha value is -2.21. The first-order valence-electron chi connectivity index (χ1n) is 9.44. The third-order valence-electron chi connectivity index (χ3n) is 5.43. The Morgan fingerprint density at radius 3 is 2.65 bits per heavy atom. The van der Waals surface area contributed by atoms with Crippen LogP contribution in [0.1, 0.15) is 38.2 Å². The van der Waals surface area contributed by atoms with Crippen molar-refractivity contribution >= 4 is 23.4 Å². The second-order valence-electron chi connectivity index (χ2n) is 7.55. The van der Waals surface area contributed by atoms with Crippen molar-refractivity contribution in [2.24, 2.45) is 17.8 Å². The molecule has 0 saturated carbocycles. The van der Waals surface area contributed by atoms with Gasteiger partial charge in [0.25, 0.3) is 0 Å². The van der Waals surface area contributed by atoms with E-state index in [1.54, 1.807) is 0 Å². The van der Waals surface area contributed by atoms with Crippen LogP contribution in [-0.4, -0.2) is 30.8 Å². The van der Waals surface area contributed by atoms with Gasteiger partial charge in [0.1, 0.15) is 0 Å². The first kappa shape index (κ1) is 18.6. The highest BCUT2D eigenvalue weighted by molar-refractivity contribution is 6.03. The van der Waals surface area contributed by atoms with Crippen molar-refractivity contribution in [3.05, 3.63) is 29.8 Å². The normalized spacial score (nSPS) is 24.2. The minimum Gasteiger partial charge on any atom is -0.326 e. The van der Waals surface area contributed by atoms with Crippen LogP contribution in [0.15, 0.2) is 24.3 Å². The molecule has 26 heavy (non-hydrogen) atoms. The van der Waals surface area contributed by atoms with E-state index in [4.69, 9.17) is 0 Å². The molecular weight excluding hydrogens is 330 g/mol. The molecule has 1 aromatic carbocycles. The number of amides is 3. The predicted molar refractivity (Wildman–Crippen MR) is 99.4 cm³/mol. The Morgan fingerprint density at radius 1 is 1.27 bits per heavy atom. The molecule has 2 saturated heterocycles. The summed E-state index contributed by atoms with van der Waals surface area (Å²) in [6.45, 7) is 4.23. The molecule has 2 fully saturated rings. The number of carbonyl (C=O) groups excluding carboxylic acids is 3. The second-order valence-corrected chi connectivity index (χ2v) is 7.55. The molecule has 0 bridgehead atoms. The van der Waals surface area contributed by atoms with E-state index in [2.05, 4.69) is 22.9 Å². The lowest BCUT2D eigenvalue weighted by Crippen LogP contribution is -2.34. The zero-order chi connectivity index (χ0) is 18.5. The van der Waals surface area contributed by atoms with Gasteiger partial charge in [0.05, 0.1) is 5.92 Å². The minimum absolute atomic E-state index is 0.0385. The number of hydrogen-bond donors (Lipinski definition) is 3. The summed E-state index contributed by atoms with van der Waals surface area (Å²) >= 11 is 0. The summed E-state index contributed by atoms with van der Waals surface area (Å²) in [7, 11) is 0. The molecule has 2 aliphatic heterocycles. The Balaban J connectivity index is 1.48. The zero-order valence-electron chi connectivity index (χ0n) is 15.2. The molecule has 0 aromatic heterocycles. The fraction of sp³-hybridized carbons (Fsp3) is 0.550. The molecule has 6 heteroatoms. The summed E-state index contributed by atoms with van der Waals surface area (Å²) in [5.41, 5.74) is 1.75.